The molecule has 2 aromatic rings. The van der Waals surface area contributed by atoms with Crippen LogP contribution >= 0.6 is 0 Å². The SMILES string of the molecule is CC/C(=N/NC(=O)c1cc(C)oc1C)c1ccc(OCC(=O)[O-])cc1. The Morgan fingerprint density at radius 1 is 1.24 bits per heavy atom. The van der Waals surface area contributed by atoms with Crippen molar-refractivity contribution in [2.75, 3.05) is 6.61 Å². The first kappa shape index (κ1) is 18.3. The summed E-state index contributed by atoms with van der Waals surface area (Å²) in [6.07, 6.45) is 0.600. The number of aryl methyl sites for hydroxylation is 2. The maximum Gasteiger partial charge on any atom is 0.274 e. The fourth-order valence-corrected chi connectivity index (χ4v) is 2.27. The molecule has 132 valence electrons. The van der Waals surface area contributed by atoms with Crippen LogP contribution in [0.25, 0.3) is 0 Å². The molecule has 0 atom stereocenters. The van der Waals surface area contributed by atoms with Crippen LogP contribution < -0.4 is 15.3 Å². The Bertz CT molecular complexity index is 790. The molecule has 0 spiro atoms. The van der Waals surface area contributed by atoms with Gasteiger partial charge in [0.15, 0.2) is 0 Å². The molecule has 7 nitrogen and oxygen atoms in total. The minimum absolute atomic E-state index is 0.339. The molecule has 1 N–H and O–H groups in total. The van der Waals surface area contributed by atoms with Crippen molar-refractivity contribution < 1.29 is 23.8 Å². The van der Waals surface area contributed by atoms with Crippen LogP contribution in [-0.2, 0) is 4.79 Å². The lowest BCUT2D eigenvalue weighted by molar-refractivity contribution is -0.307. The molecule has 1 aromatic heterocycles. The van der Waals surface area contributed by atoms with Crippen LogP contribution in [0.3, 0.4) is 0 Å². The summed E-state index contributed by atoms with van der Waals surface area (Å²) in [6.45, 7) is 4.90. The van der Waals surface area contributed by atoms with Gasteiger partial charge in [-0.1, -0.05) is 6.92 Å². The summed E-state index contributed by atoms with van der Waals surface area (Å²) in [6, 6.07) is 8.41. The summed E-state index contributed by atoms with van der Waals surface area (Å²) < 4.78 is 10.4. The van der Waals surface area contributed by atoms with Crippen molar-refractivity contribution in [1.29, 1.82) is 0 Å². The second-order valence-electron chi connectivity index (χ2n) is 5.36. The van der Waals surface area contributed by atoms with Gasteiger partial charge in [-0.2, -0.15) is 5.10 Å². The molecule has 0 fully saturated rings. The number of hydrogen-bond acceptors (Lipinski definition) is 6. The van der Waals surface area contributed by atoms with Gasteiger partial charge < -0.3 is 19.1 Å². The third-order valence-corrected chi connectivity index (χ3v) is 3.46. The number of benzene rings is 1. The lowest BCUT2D eigenvalue weighted by Crippen LogP contribution is -2.28. The summed E-state index contributed by atoms with van der Waals surface area (Å²) in [4.78, 5) is 22.6. The maximum atomic E-state index is 12.2. The largest absolute Gasteiger partial charge is 0.546 e. The van der Waals surface area contributed by atoms with Crippen molar-refractivity contribution in [3.8, 4) is 5.75 Å². The van der Waals surface area contributed by atoms with Gasteiger partial charge in [0, 0.05) is 0 Å². The normalized spacial score (nSPS) is 11.2. The predicted molar refractivity (Wildman–Crippen MR) is 89.4 cm³/mol. The van der Waals surface area contributed by atoms with E-state index >= 15 is 0 Å². The molecule has 1 aromatic carbocycles. The number of carbonyl (C=O) groups excluding carboxylic acids is 2. The number of carbonyl (C=O) groups is 2. The van der Waals surface area contributed by atoms with Crippen LogP contribution in [0.4, 0.5) is 0 Å². The number of nitrogens with one attached hydrogen (secondary N) is 1. The summed E-state index contributed by atoms with van der Waals surface area (Å²) in [5.74, 6) is -0.00862. The van der Waals surface area contributed by atoms with E-state index in [2.05, 4.69) is 10.5 Å². The van der Waals surface area contributed by atoms with E-state index in [1.165, 1.54) is 0 Å². The number of ether oxygens (including phenoxy) is 1. The van der Waals surface area contributed by atoms with Gasteiger partial charge in [-0.25, -0.2) is 5.43 Å². The van der Waals surface area contributed by atoms with Crippen LogP contribution in [0.5, 0.6) is 5.75 Å². The molecule has 1 amide bonds. The molecule has 0 aliphatic rings. The highest BCUT2D eigenvalue weighted by atomic mass is 16.5. The monoisotopic (exact) mass is 343 g/mol. The second-order valence-corrected chi connectivity index (χ2v) is 5.36. The molecular weight excluding hydrogens is 324 g/mol. The average molecular weight is 343 g/mol. The number of hydrazone groups is 1. The zero-order valence-corrected chi connectivity index (χ0v) is 14.3. The molecule has 0 saturated carbocycles. The Morgan fingerprint density at radius 3 is 2.44 bits per heavy atom. The Balaban J connectivity index is 2.07. The van der Waals surface area contributed by atoms with Gasteiger partial charge in [0.2, 0.25) is 0 Å². The highest BCUT2D eigenvalue weighted by molar-refractivity contribution is 6.02. The van der Waals surface area contributed by atoms with E-state index in [0.717, 1.165) is 5.56 Å². The minimum atomic E-state index is -1.28. The topological polar surface area (TPSA) is 104 Å². The molecule has 0 unspecified atom stereocenters. The van der Waals surface area contributed by atoms with Crippen molar-refractivity contribution in [2.45, 2.75) is 27.2 Å². The Labute approximate surface area is 145 Å². The zero-order chi connectivity index (χ0) is 18.4. The van der Waals surface area contributed by atoms with Crippen LogP contribution in [0, 0.1) is 13.8 Å². The molecule has 0 aliphatic heterocycles. The predicted octanol–water partition coefficient (Wildman–Crippen LogP) is 1.57. The van der Waals surface area contributed by atoms with Crippen molar-refractivity contribution in [2.24, 2.45) is 5.10 Å². The average Bonchev–Trinajstić information content (AvgIpc) is 2.92. The molecule has 1 heterocycles. The van der Waals surface area contributed by atoms with Crippen molar-refractivity contribution in [3.63, 3.8) is 0 Å². The van der Waals surface area contributed by atoms with Crippen LogP contribution in [-0.4, -0.2) is 24.2 Å². The smallest absolute Gasteiger partial charge is 0.274 e. The van der Waals surface area contributed by atoms with Crippen LogP contribution in [0.15, 0.2) is 39.9 Å². The molecule has 2 rings (SSSR count). The Kier molecular flexibility index (Phi) is 5.94. The van der Waals surface area contributed by atoms with Crippen LogP contribution in [0.1, 0.15) is 40.8 Å². The minimum Gasteiger partial charge on any atom is -0.546 e. The number of nitrogens with zero attached hydrogens (tertiary/aromatic N) is 1. The first-order valence-corrected chi connectivity index (χ1v) is 7.77. The van der Waals surface area contributed by atoms with Gasteiger partial charge in [-0.05, 0) is 56.2 Å². The number of hydrogen-bond donors (Lipinski definition) is 1. The Hall–Kier alpha value is -3.09. The first-order valence-electron chi connectivity index (χ1n) is 7.77. The molecule has 0 aliphatic carbocycles. The van der Waals surface area contributed by atoms with Gasteiger partial charge in [0.05, 0.1) is 17.2 Å². The number of rotatable bonds is 7. The number of carboxylic acid groups (broad SMARTS) is 1. The van der Waals surface area contributed by atoms with Crippen molar-refractivity contribution in [3.05, 3.63) is 53.0 Å². The maximum absolute atomic E-state index is 12.2. The molecule has 0 bridgehead atoms. The van der Waals surface area contributed by atoms with E-state index in [9.17, 15) is 14.7 Å². The van der Waals surface area contributed by atoms with Gasteiger partial charge in [-0.3, -0.25) is 4.79 Å². The van der Waals surface area contributed by atoms with E-state index in [4.69, 9.17) is 9.15 Å². The highest BCUT2D eigenvalue weighted by Crippen LogP contribution is 2.15. The zero-order valence-electron chi connectivity index (χ0n) is 14.3. The van der Waals surface area contributed by atoms with E-state index in [1.807, 2.05) is 6.92 Å². The quantitative estimate of drug-likeness (QED) is 0.607. The van der Waals surface area contributed by atoms with Gasteiger partial charge in [0.1, 0.15) is 23.9 Å². The standard InChI is InChI=1S/C18H20N2O5/c1-4-16(13-5-7-14(8-6-13)24-10-17(21)22)19-20-18(23)15-9-11(2)25-12(15)3/h5-9H,4,10H2,1-3H3,(H,20,23)(H,21,22)/p-1/b19-16-. The first-order chi connectivity index (χ1) is 11.9. The van der Waals surface area contributed by atoms with Crippen LogP contribution in [0.2, 0.25) is 0 Å². The lowest BCUT2D eigenvalue weighted by Gasteiger charge is -2.08. The second kappa shape index (κ2) is 8.14. The summed E-state index contributed by atoms with van der Waals surface area (Å²) in [7, 11) is 0. The van der Waals surface area contributed by atoms with Crippen molar-refractivity contribution >= 4 is 17.6 Å². The number of aliphatic carboxylic acids is 1. The highest BCUT2D eigenvalue weighted by Gasteiger charge is 2.13. The van der Waals surface area contributed by atoms with Gasteiger partial charge in [-0.15, -0.1) is 0 Å². The lowest BCUT2D eigenvalue weighted by atomic mass is 10.1. The fourth-order valence-electron chi connectivity index (χ4n) is 2.27. The third-order valence-electron chi connectivity index (χ3n) is 3.46. The third kappa shape index (κ3) is 4.94. The molecule has 0 saturated heterocycles. The van der Waals surface area contributed by atoms with Crippen molar-refractivity contribution in [1.82, 2.24) is 5.43 Å². The fraction of sp³-hybridized carbons (Fsp3) is 0.278. The molecule has 0 radical (unpaired) electrons. The molecular formula is C18H19N2O5-. The molecule has 25 heavy (non-hydrogen) atoms. The van der Waals surface area contributed by atoms with E-state index < -0.39 is 12.6 Å². The van der Waals surface area contributed by atoms with E-state index in [-0.39, 0.29) is 5.91 Å². The van der Waals surface area contributed by atoms with E-state index in [1.54, 1.807) is 44.2 Å². The Morgan fingerprint density at radius 2 is 1.92 bits per heavy atom. The van der Waals surface area contributed by atoms with E-state index in [0.29, 0.717) is 35.0 Å². The summed E-state index contributed by atoms with van der Waals surface area (Å²) >= 11 is 0. The van der Waals surface area contributed by atoms with Gasteiger partial charge >= 0.3 is 0 Å². The van der Waals surface area contributed by atoms with Gasteiger partial charge in [0.25, 0.3) is 5.91 Å². The number of carboxylic acids is 1. The number of furan rings is 1. The summed E-state index contributed by atoms with van der Waals surface area (Å²) in [5.41, 5.74) is 4.45. The summed E-state index contributed by atoms with van der Waals surface area (Å²) in [5, 5.41) is 14.6. The number of amides is 1. The molecule has 7 heteroatoms.